The molecule has 1 aliphatic rings. The second kappa shape index (κ2) is 41.1. The maximum Gasteiger partial charge on any atom is 0.397 e. The molecule has 1 rings (SSSR count). The lowest BCUT2D eigenvalue weighted by Crippen LogP contribution is -2.61. The molecule has 1 saturated heterocycles. The van der Waals surface area contributed by atoms with E-state index in [4.69, 9.17) is 9.47 Å². The Bertz CT molecular complexity index is 1170. The molecule has 0 saturated carbocycles. The molecule has 64 heavy (non-hydrogen) atoms. The van der Waals surface area contributed by atoms with Gasteiger partial charge in [0.2, 0.25) is 5.91 Å². The first-order valence-electron chi connectivity index (χ1n) is 26.5. The van der Waals surface area contributed by atoms with E-state index in [9.17, 15) is 43.3 Å². The van der Waals surface area contributed by atoms with E-state index in [0.717, 1.165) is 38.5 Å². The number of hydrogen-bond acceptors (Lipinski definition) is 11. The van der Waals surface area contributed by atoms with Crippen molar-refractivity contribution in [3.05, 3.63) is 0 Å². The zero-order valence-electron chi connectivity index (χ0n) is 40.7. The highest BCUT2D eigenvalue weighted by atomic mass is 32.3. The second-order valence-electron chi connectivity index (χ2n) is 19.0. The van der Waals surface area contributed by atoms with Gasteiger partial charge in [-0.25, -0.2) is 4.18 Å². The number of unbranched alkanes of at least 4 members (excludes halogenated alkanes) is 33. The van der Waals surface area contributed by atoms with Gasteiger partial charge in [-0.1, -0.05) is 239 Å². The molecule has 382 valence electrons. The van der Waals surface area contributed by atoms with E-state index in [1.165, 1.54) is 173 Å². The number of carbonyl (C=O) groups is 1. The molecule has 8 atom stereocenters. The molecule has 0 aromatic rings. The number of ether oxygens (including phenoxy) is 2. The molecule has 0 spiro atoms. The highest BCUT2D eigenvalue weighted by molar-refractivity contribution is 7.80. The van der Waals surface area contributed by atoms with E-state index in [1.54, 1.807) is 0 Å². The minimum Gasteiger partial charge on any atom is -0.394 e. The van der Waals surface area contributed by atoms with Crippen molar-refractivity contribution in [3.63, 3.8) is 0 Å². The van der Waals surface area contributed by atoms with Gasteiger partial charge in [-0.15, -0.1) is 0 Å². The molecule has 1 heterocycles. The number of amides is 1. The zero-order chi connectivity index (χ0) is 47.1. The van der Waals surface area contributed by atoms with Gasteiger partial charge in [0.25, 0.3) is 0 Å². The van der Waals surface area contributed by atoms with Crippen molar-refractivity contribution in [1.29, 1.82) is 0 Å². The fourth-order valence-electron chi connectivity index (χ4n) is 8.82. The maximum absolute atomic E-state index is 13.2. The molecule has 0 radical (unpaired) electrons. The number of hydrogen-bond donors (Lipinski definition) is 7. The molecular formula is C50H99NO12S. The van der Waals surface area contributed by atoms with Gasteiger partial charge in [0.05, 0.1) is 25.4 Å². The molecule has 1 amide bonds. The van der Waals surface area contributed by atoms with Crippen LogP contribution < -0.4 is 5.32 Å². The second-order valence-corrected chi connectivity index (χ2v) is 20.0. The molecule has 0 aromatic carbocycles. The Morgan fingerprint density at radius 3 is 1.25 bits per heavy atom. The van der Waals surface area contributed by atoms with Gasteiger partial charge in [-0.3, -0.25) is 9.35 Å². The third-order valence-corrected chi connectivity index (χ3v) is 13.5. The average Bonchev–Trinajstić information content (AvgIpc) is 3.27. The summed E-state index contributed by atoms with van der Waals surface area (Å²) in [6.45, 7) is 3.32. The Morgan fingerprint density at radius 1 is 0.562 bits per heavy atom. The van der Waals surface area contributed by atoms with E-state index in [1.807, 2.05) is 0 Å². The lowest BCUT2D eigenvalue weighted by atomic mass is 9.99. The van der Waals surface area contributed by atoms with Crippen LogP contribution in [-0.4, -0.2) is 107 Å². The highest BCUT2D eigenvalue weighted by Crippen LogP contribution is 2.26. The van der Waals surface area contributed by atoms with Crippen LogP contribution in [0.25, 0.3) is 0 Å². The van der Waals surface area contributed by atoms with E-state index in [2.05, 4.69) is 23.3 Å². The van der Waals surface area contributed by atoms with Crippen molar-refractivity contribution in [3.8, 4) is 0 Å². The van der Waals surface area contributed by atoms with Crippen LogP contribution in [0.4, 0.5) is 0 Å². The number of nitrogens with one attached hydrogen (secondary N) is 1. The highest BCUT2D eigenvalue weighted by Gasteiger charge is 2.48. The molecule has 14 heteroatoms. The average molecular weight is 938 g/mol. The van der Waals surface area contributed by atoms with Crippen molar-refractivity contribution >= 4 is 16.3 Å². The number of carbonyl (C=O) groups excluding carboxylic acids is 1. The summed E-state index contributed by atoms with van der Waals surface area (Å²) in [7, 11) is -5.11. The molecule has 1 fully saturated rings. The Labute approximate surface area is 390 Å². The Balaban J connectivity index is 2.47. The summed E-state index contributed by atoms with van der Waals surface area (Å²) in [5.74, 6) is -0.664. The third kappa shape index (κ3) is 32.7. The van der Waals surface area contributed by atoms with E-state index < -0.39 is 78.5 Å². The molecule has 0 aliphatic carbocycles. The molecule has 1 aliphatic heterocycles. The lowest BCUT2D eigenvalue weighted by molar-refractivity contribution is -0.298. The molecule has 0 bridgehead atoms. The van der Waals surface area contributed by atoms with Crippen molar-refractivity contribution in [1.82, 2.24) is 5.32 Å². The maximum atomic E-state index is 13.2. The minimum atomic E-state index is -5.11. The fourth-order valence-corrected chi connectivity index (χ4v) is 9.33. The van der Waals surface area contributed by atoms with Gasteiger partial charge in [0.15, 0.2) is 6.29 Å². The van der Waals surface area contributed by atoms with Crippen LogP contribution in [0.2, 0.25) is 0 Å². The summed E-state index contributed by atoms with van der Waals surface area (Å²) >= 11 is 0. The predicted octanol–water partition coefficient (Wildman–Crippen LogP) is 10.3. The van der Waals surface area contributed by atoms with Crippen molar-refractivity contribution < 1.29 is 57.0 Å². The molecule has 7 N–H and O–H groups in total. The zero-order valence-corrected chi connectivity index (χ0v) is 41.6. The van der Waals surface area contributed by atoms with Crippen LogP contribution >= 0.6 is 0 Å². The summed E-state index contributed by atoms with van der Waals surface area (Å²) < 4.78 is 47.7. The fraction of sp³-hybridized carbons (Fsp3) is 0.980. The van der Waals surface area contributed by atoms with Crippen LogP contribution in [0, 0.1) is 0 Å². The SMILES string of the molecule is CCCCCCCCCCCCCCCCCCCCCC(O)C(COC1OC(CO)C(O)C(OS(=O)(=O)O)C1O)NC(=O)C(O)CCCCCCCCCCCCCCCCCC. The topological polar surface area (TPSA) is 212 Å². The predicted molar refractivity (Wildman–Crippen MR) is 256 cm³/mol. The monoisotopic (exact) mass is 938 g/mol. The molecular weight excluding hydrogens is 839 g/mol. The van der Waals surface area contributed by atoms with Gasteiger partial charge in [0, 0.05) is 0 Å². The van der Waals surface area contributed by atoms with Crippen molar-refractivity contribution in [2.45, 2.75) is 300 Å². The van der Waals surface area contributed by atoms with Crippen LogP contribution in [0.5, 0.6) is 0 Å². The Morgan fingerprint density at radius 2 is 0.906 bits per heavy atom. The van der Waals surface area contributed by atoms with Crippen LogP contribution in [-0.2, 0) is 28.9 Å². The van der Waals surface area contributed by atoms with Crippen LogP contribution in [0.15, 0.2) is 0 Å². The van der Waals surface area contributed by atoms with Gasteiger partial charge in [0.1, 0.15) is 30.5 Å². The van der Waals surface area contributed by atoms with E-state index >= 15 is 0 Å². The van der Waals surface area contributed by atoms with Crippen molar-refractivity contribution in [2.24, 2.45) is 0 Å². The van der Waals surface area contributed by atoms with Crippen LogP contribution in [0.3, 0.4) is 0 Å². The number of rotatable bonds is 46. The summed E-state index contributed by atoms with van der Waals surface area (Å²) in [5.41, 5.74) is 0. The Kier molecular flexibility index (Phi) is 39.2. The largest absolute Gasteiger partial charge is 0.397 e. The van der Waals surface area contributed by atoms with Gasteiger partial charge >= 0.3 is 10.4 Å². The summed E-state index contributed by atoms with van der Waals surface area (Å²) in [4.78, 5) is 13.2. The first-order valence-corrected chi connectivity index (χ1v) is 27.9. The summed E-state index contributed by atoms with van der Waals surface area (Å²) in [5, 5.41) is 55.6. The van der Waals surface area contributed by atoms with Gasteiger partial charge in [-0.2, -0.15) is 8.42 Å². The first-order chi connectivity index (χ1) is 30.9. The van der Waals surface area contributed by atoms with Gasteiger partial charge in [-0.05, 0) is 12.8 Å². The minimum absolute atomic E-state index is 0.266. The third-order valence-electron chi connectivity index (χ3n) is 13.0. The lowest BCUT2D eigenvalue weighted by Gasteiger charge is -2.41. The molecule has 8 unspecified atom stereocenters. The molecule has 13 nitrogen and oxygen atoms in total. The Hall–Kier alpha value is -0.940. The van der Waals surface area contributed by atoms with Crippen LogP contribution in [0.1, 0.15) is 251 Å². The van der Waals surface area contributed by atoms with Crippen molar-refractivity contribution in [2.75, 3.05) is 13.2 Å². The standard InChI is InChI=1S/C50H99NO12S/c1-3-5-7-9-11-13-15-17-19-21-22-23-25-26-28-30-32-34-36-38-43(53)42(41-61-50-47(56)48(63-64(58,59)60)46(55)45(40-52)62-50)51-49(57)44(54)39-37-35-33-31-29-27-24-20-18-16-14-12-10-8-6-4-2/h42-48,50,52-56H,3-41H2,1-2H3,(H,51,57)(H,58,59,60). The first kappa shape index (κ1) is 61.1. The summed E-state index contributed by atoms with van der Waals surface area (Å²) in [6, 6.07) is -1.03. The number of aliphatic hydroxyl groups is 5. The number of aliphatic hydroxyl groups excluding tert-OH is 5. The molecule has 0 aromatic heterocycles. The smallest absolute Gasteiger partial charge is 0.394 e. The normalized spacial score (nSPS) is 20.7. The van der Waals surface area contributed by atoms with Gasteiger partial charge < -0.3 is 40.3 Å². The van der Waals surface area contributed by atoms with E-state index in [-0.39, 0.29) is 6.42 Å². The summed E-state index contributed by atoms with van der Waals surface area (Å²) in [6.07, 6.45) is 32.8. The van der Waals surface area contributed by atoms with E-state index in [0.29, 0.717) is 19.3 Å². The quantitative estimate of drug-likeness (QED) is 0.0224.